The highest BCUT2D eigenvalue weighted by molar-refractivity contribution is 6.46. The number of aliphatic hydroxyl groups is 1. The van der Waals surface area contributed by atoms with Crippen molar-refractivity contribution in [2.45, 2.75) is 6.04 Å². The smallest absolute Gasteiger partial charge is 0.296 e. The minimum absolute atomic E-state index is 0.0774. The number of carbonyl (C=O) groups is 2. The summed E-state index contributed by atoms with van der Waals surface area (Å²) in [6, 6.07) is 12.6. The van der Waals surface area contributed by atoms with Crippen LogP contribution in [0.3, 0.4) is 0 Å². The number of amides is 1. The van der Waals surface area contributed by atoms with Gasteiger partial charge in [-0.05, 0) is 12.1 Å². The molecule has 3 rings (SSSR count). The van der Waals surface area contributed by atoms with Gasteiger partial charge in [0.25, 0.3) is 11.7 Å². The molecule has 1 aliphatic heterocycles. The van der Waals surface area contributed by atoms with Crippen LogP contribution in [0.25, 0.3) is 5.76 Å². The average molecular weight is 308 g/mol. The van der Waals surface area contributed by atoms with Crippen molar-refractivity contribution in [2.75, 3.05) is 6.54 Å². The molecule has 23 heavy (non-hydrogen) atoms. The van der Waals surface area contributed by atoms with Gasteiger partial charge in [0.1, 0.15) is 24.1 Å². The summed E-state index contributed by atoms with van der Waals surface area (Å²) in [5.74, 6) is -1.63. The standard InChI is InChI=1S/C17H12N2O4/c18-8-9-19-14(12-7-4-10-23-12)13(16(21)17(19)22)15(20)11-5-2-1-3-6-11/h1-7,10,14,20H,9H2/t14-/m1/s1. The van der Waals surface area contributed by atoms with Gasteiger partial charge in [-0.15, -0.1) is 0 Å². The molecule has 1 amide bonds. The fourth-order valence-electron chi connectivity index (χ4n) is 2.61. The Morgan fingerprint density at radius 3 is 2.57 bits per heavy atom. The number of ketones is 1. The number of aliphatic hydroxyl groups excluding tert-OH is 1. The zero-order valence-corrected chi connectivity index (χ0v) is 12.0. The van der Waals surface area contributed by atoms with Crippen LogP contribution in [0, 0.1) is 11.3 Å². The number of nitrogens with zero attached hydrogens (tertiary/aromatic N) is 2. The number of furan rings is 1. The lowest BCUT2D eigenvalue weighted by molar-refractivity contribution is -0.139. The summed E-state index contributed by atoms with van der Waals surface area (Å²) in [6.07, 6.45) is 1.41. The Kier molecular flexibility index (Phi) is 3.69. The molecule has 1 aliphatic rings. The second-order valence-electron chi connectivity index (χ2n) is 4.97. The summed E-state index contributed by atoms with van der Waals surface area (Å²) in [5.41, 5.74) is 0.338. The van der Waals surface area contributed by atoms with Crippen LogP contribution in [0.4, 0.5) is 0 Å². The van der Waals surface area contributed by atoms with E-state index in [4.69, 9.17) is 9.68 Å². The van der Waals surface area contributed by atoms with E-state index in [0.29, 0.717) is 11.3 Å². The molecule has 0 saturated carbocycles. The summed E-state index contributed by atoms with van der Waals surface area (Å²) in [5, 5.41) is 19.4. The second-order valence-corrected chi connectivity index (χ2v) is 4.97. The molecular weight excluding hydrogens is 296 g/mol. The summed E-state index contributed by atoms with van der Waals surface area (Å²) in [7, 11) is 0. The SMILES string of the molecule is N#CCN1C(=O)C(=O)C(=C(O)c2ccccc2)[C@H]1c1ccco1. The third-order valence-corrected chi connectivity index (χ3v) is 3.64. The van der Waals surface area contributed by atoms with Gasteiger partial charge in [-0.25, -0.2) is 0 Å². The number of benzene rings is 1. The number of rotatable bonds is 3. The van der Waals surface area contributed by atoms with Crippen LogP contribution in [0.1, 0.15) is 17.4 Å². The van der Waals surface area contributed by atoms with Crippen molar-refractivity contribution in [3.63, 3.8) is 0 Å². The van der Waals surface area contributed by atoms with Crippen LogP contribution < -0.4 is 0 Å². The highest BCUT2D eigenvalue weighted by Crippen LogP contribution is 2.39. The van der Waals surface area contributed by atoms with Gasteiger partial charge in [0, 0.05) is 5.56 Å². The first-order valence-corrected chi connectivity index (χ1v) is 6.89. The Morgan fingerprint density at radius 2 is 1.96 bits per heavy atom. The fraction of sp³-hybridized carbons (Fsp3) is 0.118. The predicted molar refractivity (Wildman–Crippen MR) is 79.8 cm³/mol. The molecule has 0 radical (unpaired) electrons. The van der Waals surface area contributed by atoms with Gasteiger partial charge in [-0.3, -0.25) is 9.59 Å². The van der Waals surface area contributed by atoms with Gasteiger partial charge in [0.2, 0.25) is 0 Å². The summed E-state index contributed by atoms with van der Waals surface area (Å²) >= 11 is 0. The van der Waals surface area contributed by atoms with Gasteiger partial charge in [-0.1, -0.05) is 30.3 Å². The Hall–Kier alpha value is -3.33. The number of nitriles is 1. The third kappa shape index (κ3) is 2.38. The minimum atomic E-state index is -0.912. The van der Waals surface area contributed by atoms with E-state index in [2.05, 4.69) is 0 Å². The van der Waals surface area contributed by atoms with Crippen molar-refractivity contribution in [1.29, 1.82) is 5.26 Å². The molecule has 1 N–H and O–H groups in total. The van der Waals surface area contributed by atoms with E-state index in [9.17, 15) is 14.7 Å². The molecule has 1 fully saturated rings. The molecule has 6 nitrogen and oxygen atoms in total. The van der Waals surface area contributed by atoms with Crippen LogP contribution >= 0.6 is 0 Å². The highest BCUT2D eigenvalue weighted by Gasteiger charge is 2.47. The van der Waals surface area contributed by atoms with Gasteiger partial charge >= 0.3 is 0 Å². The number of carbonyl (C=O) groups excluding carboxylic acids is 2. The average Bonchev–Trinajstić information content (AvgIpc) is 3.18. The Balaban J connectivity index is 2.19. The first-order chi connectivity index (χ1) is 11.1. The van der Waals surface area contributed by atoms with Crippen molar-refractivity contribution < 1.29 is 19.1 Å². The molecule has 6 heteroatoms. The van der Waals surface area contributed by atoms with E-state index < -0.39 is 17.7 Å². The number of hydrogen-bond donors (Lipinski definition) is 1. The zero-order chi connectivity index (χ0) is 16.4. The van der Waals surface area contributed by atoms with E-state index in [1.807, 2.05) is 6.07 Å². The van der Waals surface area contributed by atoms with E-state index in [1.165, 1.54) is 6.26 Å². The Morgan fingerprint density at radius 1 is 1.22 bits per heavy atom. The fourth-order valence-corrected chi connectivity index (χ4v) is 2.61. The van der Waals surface area contributed by atoms with Crippen LogP contribution in [0.5, 0.6) is 0 Å². The van der Waals surface area contributed by atoms with Crippen molar-refractivity contribution in [3.05, 3.63) is 65.6 Å². The van der Waals surface area contributed by atoms with E-state index in [1.54, 1.807) is 42.5 Å². The maximum absolute atomic E-state index is 12.4. The van der Waals surface area contributed by atoms with Crippen LogP contribution in [0.2, 0.25) is 0 Å². The summed E-state index contributed by atoms with van der Waals surface area (Å²) in [6.45, 7) is -0.276. The largest absolute Gasteiger partial charge is 0.507 e. The second kappa shape index (κ2) is 5.81. The number of Topliss-reactive ketones (excluding diaryl/α,β-unsaturated/α-hetero) is 1. The van der Waals surface area contributed by atoms with Crippen LogP contribution in [-0.4, -0.2) is 28.2 Å². The molecule has 2 aromatic rings. The van der Waals surface area contributed by atoms with Crippen molar-refractivity contribution in [2.24, 2.45) is 0 Å². The topological polar surface area (TPSA) is 94.5 Å². The normalized spacial score (nSPS) is 19.8. The first kappa shape index (κ1) is 14.6. The first-order valence-electron chi connectivity index (χ1n) is 6.89. The van der Waals surface area contributed by atoms with Crippen LogP contribution in [0.15, 0.2) is 58.7 Å². The molecular formula is C17H12N2O4. The van der Waals surface area contributed by atoms with Crippen molar-refractivity contribution >= 4 is 17.4 Å². The van der Waals surface area contributed by atoms with E-state index >= 15 is 0 Å². The third-order valence-electron chi connectivity index (χ3n) is 3.64. The van der Waals surface area contributed by atoms with Gasteiger partial charge in [-0.2, -0.15) is 5.26 Å². The molecule has 1 saturated heterocycles. The maximum Gasteiger partial charge on any atom is 0.296 e. The summed E-state index contributed by atoms with van der Waals surface area (Å²) < 4.78 is 5.31. The Labute approximate surface area is 131 Å². The molecule has 0 spiro atoms. The lowest BCUT2D eigenvalue weighted by atomic mass is 9.99. The maximum atomic E-state index is 12.4. The van der Waals surface area contributed by atoms with Crippen LogP contribution in [-0.2, 0) is 9.59 Å². The number of hydrogen-bond acceptors (Lipinski definition) is 5. The molecule has 0 unspecified atom stereocenters. The molecule has 2 heterocycles. The molecule has 1 aromatic heterocycles. The lowest BCUT2D eigenvalue weighted by Crippen LogP contribution is -2.29. The van der Waals surface area contributed by atoms with E-state index in [0.717, 1.165) is 4.90 Å². The van der Waals surface area contributed by atoms with Gasteiger partial charge in [0.15, 0.2) is 0 Å². The monoisotopic (exact) mass is 308 g/mol. The van der Waals surface area contributed by atoms with E-state index in [-0.39, 0.29) is 17.9 Å². The molecule has 114 valence electrons. The predicted octanol–water partition coefficient (Wildman–Crippen LogP) is 2.22. The molecule has 1 atom stereocenters. The number of likely N-dealkylation sites (tertiary alicyclic amines) is 1. The quantitative estimate of drug-likeness (QED) is 0.406. The molecule has 0 aliphatic carbocycles. The molecule has 1 aromatic carbocycles. The molecule has 0 bridgehead atoms. The Bertz CT molecular complexity index is 816. The zero-order valence-electron chi connectivity index (χ0n) is 12.0. The van der Waals surface area contributed by atoms with Crippen molar-refractivity contribution in [1.82, 2.24) is 4.90 Å². The van der Waals surface area contributed by atoms with Gasteiger partial charge in [0.05, 0.1) is 17.9 Å². The summed E-state index contributed by atoms with van der Waals surface area (Å²) in [4.78, 5) is 25.6. The lowest BCUT2D eigenvalue weighted by Gasteiger charge is -2.20. The van der Waals surface area contributed by atoms with Crippen molar-refractivity contribution in [3.8, 4) is 6.07 Å². The highest BCUT2D eigenvalue weighted by atomic mass is 16.3. The minimum Gasteiger partial charge on any atom is -0.507 e. The van der Waals surface area contributed by atoms with Gasteiger partial charge < -0.3 is 14.4 Å².